The van der Waals surface area contributed by atoms with Gasteiger partial charge >= 0.3 is 0 Å². The van der Waals surface area contributed by atoms with Crippen molar-refractivity contribution < 1.29 is 13.3 Å². The average Bonchev–Trinajstić information content (AvgIpc) is 2.55. The number of benzene rings is 1. The molecule has 132 valence electrons. The van der Waals surface area contributed by atoms with Gasteiger partial charge in [-0.3, -0.25) is 10.1 Å². The van der Waals surface area contributed by atoms with Crippen LogP contribution in [0.1, 0.15) is 44.9 Å². The Morgan fingerprint density at radius 3 is 2.38 bits per heavy atom. The van der Waals surface area contributed by atoms with Crippen LogP contribution in [0.3, 0.4) is 0 Å². The fourth-order valence-electron chi connectivity index (χ4n) is 2.84. The van der Waals surface area contributed by atoms with Crippen molar-refractivity contribution in [2.75, 3.05) is 13.1 Å². The highest BCUT2D eigenvalue weighted by molar-refractivity contribution is 7.89. The quantitative estimate of drug-likeness (QED) is 0.469. The van der Waals surface area contributed by atoms with Crippen LogP contribution < -0.4 is 0 Å². The summed E-state index contributed by atoms with van der Waals surface area (Å²) in [6.45, 7) is 0.646. The summed E-state index contributed by atoms with van der Waals surface area (Å²) in [4.78, 5) is 10.3. The second-order valence-corrected chi connectivity index (χ2v) is 7.88. The van der Waals surface area contributed by atoms with Crippen LogP contribution in [-0.2, 0) is 10.0 Å². The van der Waals surface area contributed by atoms with Crippen LogP contribution in [0.2, 0.25) is 0 Å². The lowest BCUT2D eigenvalue weighted by molar-refractivity contribution is -0.387. The molecule has 2 rings (SSSR count). The summed E-state index contributed by atoms with van der Waals surface area (Å²) in [5, 5.41) is 11.2. The van der Waals surface area contributed by atoms with Crippen molar-refractivity contribution in [1.82, 2.24) is 4.31 Å². The number of sulfonamides is 1. The topological polar surface area (TPSA) is 80.5 Å². The highest BCUT2D eigenvalue weighted by Gasteiger charge is 2.30. The fourth-order valence-corrected chi connectivity index (χ4v) is 4.43. The van der Waals surface area contributed by atoms with Crippen LogP contribution >= 0.6 is 0 Å². The first-order chi connectivity index (χ1) is 11.5. The number of hydrogen-bond donors (Lipinski definition) is 0. The zero-order chi connectivity index (χ0) is 17.4. The molecule has 0 saturated heterocycles. The molecule has 1 aliphatic heterocycles. The van der Waals surface area contributed by atoms with E-state index < -0.39 is 14.9 Å². The van der Waals surface area contributed by atoms with Gasteiger partial charge in [0, 0.05) is 19.2 Å². The highest BCUT2D eigenvalue weighted by Crippen LogP contribution is 2.26. The summed E-state index contributed by atoms with van der Waals surface area (Å²) in [5.41, 5.74) is -0.368. The molecular weight excluding hydrogens is 328 g/mol. The van der Waals surface area contributed by atoms with Crippen molar-refractivity contribution in [3.05, 3.63) is 46.5 Å². The molecule has 6 nitrogen and oxygen atoms in total. The Kier molecular flexibility index (Phi) is 6.93. The molecule has 0 aromatic heterocycles. The van der Waals surface area contributed by atoms with Gasteiger partial charge in [0.1, 0.15) is 0 Å². The van der Waals surface area contributed by atoms with Crippen molar-refractivity contribution in [2.45, 2.75) is 49.8 Å². The standard InChI is InChI=1S/C17H24N2O4S/c20-19(21)16-12-8-9-13-17(16)24(22,23)18-14-10-6-4-2-1-3-5-7-11-15-18/h6,8-10,12-13H,1-5,7,11,14-15H2/b10-6+. The van der Waals surface area contributed by atoms with Gasteiger partial charge in [-0.15, -0.1) is 0 Å². The predicted molar refractivity (Wildman–Crippen MR) is 93.3 cm³/mol. The Morgan fingerprint density at radius 2 is 1.62 bits per heavy atom. The zero-order valence-corrected chi connectivity index (χ0v) is 14.6. The van der Waals surface area contributed by atoms with Crippen LogP contribution in [0.25, 0.3) is 0 Å². The molecule has 0 amide bonds. The minimum absolute atomic E-state index is 0.226. The number of rotatable bonds is 3. The van der Waals surface area contributed by atoms with Crippen molar-refractivity contribution in [1.29, 1.82) is 0 Å². The molecule has 1 aliphatic rings. The van der Waals surface area contributed by atoms with Gasteiger partial charge in [0.25, 0.3) is 5.69 Å². The number of para-hydroxylation sites is 1. The first-order valence-corrected chi connectivity index (χ1v) is 9.86. The lowest BCUT2D eigenvalue weighted by Gasteiger charge is -2.21. The van der Waals surface area contributed by atoms with Crippen molar-refractivity contribution in [3.63, 3.8) is 0 Å². The SMILES string of the molecule is O=[N+]([O-])c1ccccc1S(=O)(=O)N1C/C=C/CCCCCCCC1. The van der Waals surface area contributed by atoms with Gasteiger partial charge in [0.05, 0.1) is 4.92 Å². The minimum Gasteiger partial charge on any atom is -0.258 e. The van der Waals surface area contributed by atoms with Gasteiger partial charge < -0.3 is 0 Å². The van der Waals surface area contributed by atoms with Crippen LogP contribution in [0, 0.1) is 10.1 Å². The third kappa shape index (κ3) is 4.88. The van der Waals surface area contributed by atoms with E-state index in [2.05, 4.69) is 0 Å². The lowest BCUT2D eigenvalue weighted by Crippen LogP contribution is -2.32. The first kappa shape index (κ1) is 18.6. The smallest absolute Gasteiger partial charge is 0.258 e. The van der Waals surface area contributed by atoms with E-state index in [0.29, 0.717) is 6.54 Å². The van der Waals surface area contributed by atoms with Crippen LogP contribution in [0.4, 0.5) is 5.69 Å². The molecule has 0 N–H and O–H groups in total. The van der Waals surface area contributed by atoms with Crippen LogP contribution in [-0.4, -0.2) is 30.7 Å². The second kappa shape index (κ2) is 8.94. The monoisotopic (exact) mass is 352 g/mol. The maximum absolute atomic E-state index is 12.9. The Balaban J connectivity index is 2.28. The third-order valence-corrected chi connectivity index (χ3v) is 6.10. The Bertz CT molecular complexity index is 686. The van der Waals surface area contributed by atoms with E-state index >= 15 is 0 Å². The number of nitrogens with zero attached hydrogens (tertiary/aromatic N) is 2. The number of nitro groups is 1. The van der Waals surface area contributed by atoms with Gasteiger partial charge in [-0.05, 0) is 25.3 Å². The van der Waals surface area contributed by atoms with E-state index in [9.17, 15) is 18.5 Å². The molecule has 1 heterocycles. The van der Waals surface area contributed by atoms with E-state index in [0.717, 1.165) is 32.1 Å². The van der Waals surface area contributed by atoms with Gasteiger partial charge in [-0.25, -0.2) is 8.42 Å². The summed E-state index contributed by atoms with van der Waals surface area (Å²) in [6, 6.07) is 5.55. The molecule has 1 aromatic carbocycles. The molecule has 0 bridgehead atoms. The second-order valence-electron chi connectivity index (χ2n) is 5.97. The molecule has 0 aliphatic carbocycles. The number of allylic oxidation sites excluding steroid dienone is 1. The van der Waals surface area contributed by atoms with E-state index in [-0.39, 0.29) is 17.1 Å². The number of hydrogen-bond acceptors (Lipinski definition) is 4. The maximum Gasteiger partial charge on any atom is 0.289 e. The zero-order valence-electron chi connectivity index (χ0n) is 13.8. The average molecular weight is 352 g/mol. The molecule has 24 heavy (non-hydrogen) atoms. The third-order valence-electron chi connectivity index (χ3n) is 4.18. The molecule has 7 heteroatoms. The predicted octanol–water partition coefficient (Wildman–Crippen LogP) is 3.89. The fraction of sp³-hybridized carbons (Fsp3) is 0.529. The van der Waals surface area contributed by atoms with Gasteiger partial charge in [-0.2, -0.15) is 4.31 Å². The Labute approximate surface area is 143 Å². The van der Waals surface area contributed by atoms with Crippen molar-refractivity contribution >= 4 is 15.7 Å². The summed E-state index contributed by atoms with van der Waals surface area (Å²) < 4.78 is 27.2. The Morgan fingerprint density at radius 1 is 0.958 bits per heavy atom. The molecule has 0 spiro atoms. The minimum atomic E-state index is -3.89. The summed E-state index contributed by atoms with van der Waals surface area (Å²) >= 11 is 0. The number of nitro benzene ring substituents is 1. The highest BCUT2D eigenvalue weighted by atomic mass is 32.2. The van der Waals surface area contributed by atoms with E-state index in [1.165, 1.54) is 41.4 Å². The summed E-state index contributed by atoms with van der Waals surface area (Å²) in [7, 11) is -3.89. The lowest BCUT2D eigenvalue weighted by atomic mass is 10.1. The van der Waals surface area contributed by atoms with Crippen LogP contribution in [0.5, 0.6) is 0 Å². The van der Waals surface area contributed by atoms with Crippen molar-refractivity contribution in [2.24, 2.45) is 0 Å². The largest absolute Gasteiger partial charge is 0.289 e. The Hall–Kier alpha value is -1.73. The molecule has 0 fully saturated rings. The first-order valence-electron chi connectivity index (χ1n) is 8.42. The van der Waals surface area contributed by atoms with Gasteiger partial charge in [0.2, 0.25) is 10.0 Å². The molecule has 1 aromatic rings. The van der Waals surface area contributed by atoms with Gasteiger partial charge in [0.15, 0.2) is 4.90 Å². The van der Waals surface area contributed by atoms with E-state index in [1.54, 1.807) is 0 Å². The molecule has 0 atom stereocenters. The maximum atomic E-state index is 12.9. The molecule has 0 saturated carbocycles. The summed E-state index contributed by atoms with van der Waals surface area (Å²) in [6.07, 6.45) is 11.2. The molecule has 0 unspecified atom stereocenters. The van der Waals surface area contributed by atoms with Crippen molar-refractivity contribution in [3.8, 4) is 0 Å². The van der Waals surface area contributed by atoms with Crippen LogP contribution in [0.15, 0.2) is 41.3 Å². The normalized spacial score (nSPS) is 19.8. The van der Waals surface area contributed by atoms with E-state index in [1.807, 2.05) is 12.2 Å². The van der Waals surface area contributed by atoms with Gasteiger partial charge in [-0.1, -0.05) is 50.0 Å². The molecule has 0 radical (unpaired) electrons. The summed E-state index contributed by atoms with van der Waals surface area (Å²) in [5.74, 6) is 0. The van der Waals surface area contributed by atoms with E-state index in [4.69, 9.17) is 0 Å². The molecular formula is C17H24N2O4S.